The number of thiazole rings is 1. The maximum Gasteiger partial charge on any atom is 0.308 e. The number of aromatic nitrogens is 1. The predicted octanol–water partition coefficient (Wildman–Crippen LogP) is 6.46. The first-order valence-electron chi connectivity index (χ1n) is 22.8. The number of aliphatic hydroxyl groups is 1. The Kier molecular flexibility index (Phi) is 14.0. The van der Waals surface area contributed by atoms with E-state index in [1.807, 2.05) is 71.3 Å². The van der Waals surface area contributed by atoms with Crippen LogP contribution in [0.5, 0.6) is 0 Å². The number of benzene rings is 2. The van der Waals surface area contributed by atoms with Crippen molar-refractivity contribution in [2.24, 2.45) is 20.6 Å². The lowest BCUT2D eigenvalue weighted by molar-refractivity contribution is -0.145. The number of ether oxygens (including phenoxy) is 2. The molecule has 2 aromatic carbocycles. The molecule has 2 saturated heterocycles. The number of β-amino-alcohol motifs (C(OH)–C–C–N with tert-alkyl or cyclic N) is 1. The van der Waals surface area contributed by atoms with Crippen LogP contribution in [-0.4, -0.2) is 120 Å². The number of carbonyl (C=O) groups is 4. The summed E-state index contributed by atoms with van der Waals surface area (Å²) in [6.07, 6.45) is -0.241. The van der Waals surface area contributed by atoms with Gasteiger partial charge in [-0.05, 0) is 75.3 Å². The third-order valence-electron chi connectivity index (χ3n) is 13.3. The molecule has 8 rings (SSSR count). The Balaban J connectivity index is 0.882. The van der Waals surface area contributed by atoms with E-state index in [1.165, 1.54) is 16.9 Å². The molecule has 7 atom stereocenters. The monoisotopic (exact) mass is 948 g/mol. The normalized spacial score (nSPS) is 22.2. The number of anilines is 1. The Morgan fingerprint density at radius 3 is 2.34 bits per heavy atom. The second-order valence-electron chi connectivity index (χ2n) is 19.1. The van der Waals surface area contributed by atoms with Crippen LogP contribution in [0.15, 0.2) is 69.2 Å². The first-order chi connectivity index (χ1) is 31.9. The maximum absolute atomic E-state index is 14.3. The SMILES string of the molecule is COC(=O)C[C@@H]1N=C(c2ccc(N3CC[C@@H](OCC(=O)N[C@H](C(=O)N4C[C@H](O)C[C@H]4C(=O)N[C@@H](C)c4ccc(-c5scnc5C)cc4)C(C)(C)C)C3)cc2)c2c(sc(C)c2C)C2C(C)=NN=C21. The molecule has 0 saturated carbocycles. The van der Waals surface area contributed by atoms with Crippen molar-refractivity contribution in [3.05, 3.63) is 91.7 Å². The minimum Gasteiger partial charge on any atom is -0.469 e. The highest BCUT2D eigenvalue weighted by Crippen LogP contribution is 2.42. The van der Waals surface area contributed by atoms with Gasteiger partial charge in [0.1, 0.15) is 24.7 Å². The van der Waals surface area contributed by atoms with Crippen LogP contribution in [0, 0.1) is 26.2 Å². The summed E-state index contributed by atoms with van der Waals surface area (Å²) in [7, 11) is 1.38. The highest BCUT2D eigenvalue weighted by Gasteiger charge is 2.45. The molecule has 0 bridgehead atoms. The molecule has 4 aromatic rings. The van der Waals surface area contributed by atoms with Crippen LogP contribution in [0.1, 0.15) is 104 Å². The fourth-order valence-electron chi connectivity index (χ4n) is 9.44. The van der Waals surface area contributed by atoms with Crippen molar-refractivity contribution in [3.63, 3.8) is 0 Å². The zero-order valence-corrected chi connectivity index (χ0v) is 41.2. The van der Waals surface area contributed by atoms with E-state index in [0.29, 0.717) is 13.0 Å². The number of nitrogens with one attached hydrogen (secondary N) is 2. The zero-order chi connectivity index (χ0) is 47.9. The summed E-state index contributed by atoms with van der Waals surface area (Å²) in [5, 5.41) is 25.6. The first kappa shape index (κ1) is 47.9. The lowest BCUT2D eigenvalue weighted by atomic mass is 9.85. The molecule has 3 amide bonds. The minimum absolute atomic E-state index is 0.0182. The average molecular weight is 949 g/mol. The number of hydrogen-bond acceptors (Lipinski definition) is 14. The molecule has 354 valence electrons. The number of aliphatic imine (C=N–C) groups is 1. The lowest BCUT2D eigenvalue weighted by Gasteiger charge is -2.35. The molecule has 4 aliphatic rings. The van der Waals surface area contributed by atoms with Crippen molar-refractivity contribution in [2.75, 3.05) is 38.3 Å². The third kappa shape index (κ3) is 10.0. The van der Waals surface area contributed by atoms with E-state index in [1.54, 1.807) is 22.7 Å². The summed E-state index contributed by atoms with van der Waals surface area (Å²) in [4.78, 5) is 70.7. The van der Waals surface area contributed by atoms with E-state index >= 15 is 0 Å². The zero-order valence-electron chi connectivity index (χ0n) is 39.6. The van der Waals surface area contributed by atoms with Gasteiger partial charge in [0.15, 0.2) is 0 Å². The number of methoxy groups -OCH3 is 1. The van der Waals surface area contributed by atoms with Gasteiger partial charge in [0.2, 0.25) is 17.7 Å². The molecule has 0 radical (unpaired) electrons. The van der Waals surface area contributed by atoms with Gasteiger partial charge >= 0.3 is 5.97 Å². The Morgan fingerprint density at radius 1 is 0.955 bits per heavy atom. The number of esters is 1. The largest absolute Gasteiger partial charge is 0.469 e. The van der Waals surface area contributed by atoms with E-state index in [9.17, 15) is 24.3 Å². The molecule has 2 aromatic heterocycles. The van der Waals surface area contributed by atoms with Gasteiger partial charge in [0, 0.05) is 52.6 Å². The summed E-state index contributed by atoms with van der Waals surface area (Å²) in [6, 6.07) is 13.5. The van der Waals surface area contributed by atoms with Crippen molar-refractivity contribution >= 4 is 69.2 Å². The molecule has 4 aliphatic heterocycles. The number of thiophene rings is 1. The number of aryl methyl sites for hydroxylation is 2. The average Bonchev–Trinajstić information content (AvgIpc) is 4.15. The number of likely N-dealkylation sites (tertiary alicyclic amines) is 1. The summed E-state index contributed by atoms with van der Waals surface area (Å²) in [5.74, 6) is -1.73. The maximum atomic E-state index is 14.3. The highest BCUT2D eigenvalue weighted by molar-refractivity contribution is 7.13. The van der Waals surface area contributed by atoms with Crippen molar-refractivity contribution < 1.29 is 33.8 Å². The number of hydrogen-bond donors (Lipinski definition) is 3. The van der Waals surface area contributed by atoms with Crippen molar-refractivity contribution in [1.29, 1.82) is 0 Å². The van der Waals surface area contributed by atoms with E-state index in [-0.39, 0.29) is 55.9 Å². The Labute approximate surface area is 399 Å². The van der Waals surface area contributed by atoms with Crippen LogP contribution in [0.2, 0.25) is 0 Å². The molecule has 1 unspecified atom stereocenters. The molecule has 15 nitrogen and oxygen atoms in total. The summed E-state index contributed by atoms with van der Waals surface area (Å²) >= 11 is 3.30. The second kappa shape index (κ2) is 19.5. The first-order valence-corrected chi connectivity index (χ1v) is 24.5. The molecular weight excluding hydrogens is 889 g/mol. The third-order valence-corrected chi connectivity index (χ3v) is 15.6. The standard InChI is InChI=1S/C50H60N8O7S2/c1-26-30(5)67-46-41(26)43(53-37(21-40(61)64-9)44-42(46)28(3)55-56-44)32-14-16-34(17-15-32)57-19-18-36(23-57)65-24-39(60)54-47(50(6,7)8)49(63)58-22-35(59)20-38(58)48(62)52-27(2)31-10-12-33(13-11-31)45-29(4)51-25-66-45/h10-17,25,27,35-38,42,47,59H,18-24H2,1-9H3,(H,52,62)(H,54,60)/t27-,35+,36+,37-,38-,42?,47+/m0/s1. The highest BCUT2D eigenvalue weighted by atomic mass is 32.1. The Morgan fingerprint density at radius 2 is 1.67 bits per heavy atom. The van der Waals surface area contributed by atoms with Crippen LogP contribution in [0.4, 0.5) is 5.69 Å². The number of carbonyl (C=O) groups excluding carboxylic acids is 4. The van der Waals surface area contributed by atoms with Crippen LogP contribution >= 0.6 is 22.7 Å². The van der Waals surface area contributed by atoms with Gasteiger partial charge in [-0.2, -0.15) is 10.2 Å². The number of nitrogens with zero attached hydrogens (tertiary/aromatic N) is 6. The molecular formula is C50H60N8O7S2. The predicted molar refractivity (Wildman–Crippen MR) is 263 cm³/mol. The summed E-state index contributed by atoms with van der Waals surface area (Å²) < 4.78 is 11.2. The number of aliphatic hydroxyl groups excluding tert-OH is 1. The lowest BCUT2D eigenvalue weighted by Crippen LogP contribution is -2.58. The van der Waals surface area contributed by atoms with E-state index in [0.717, 1.165) is 72.6 Å². The summed E-state index contributed by atoms with van der Waals surface area (Å²) in [6.45, 7) is 16.7. The molecule has 67 heavy (non-hydrogen) atoms. The van der Waals surface area contributed by atoms with Gasteiger partial charge in [0.25, 0.3) is 0 Å². The Hall–Kier alpha value is -5.62. The molecule has 2 fully saturated rings. The number of rotatable bonds is 13. The number of fused-ring (bicyclic) bond motifs is 3. The second-order valence-corrected chi connectivity index (χ2v) is 21.2. The molecule has 6 heterocycles. The number of amides is 3. The fourth-order valence-corrected chi connectivity index (χ4v) is 11.6. The molecule has 0 aliphatic carbocycles. The summed E-state index contributed by atoms with van der Waals surface area (Å²) in [5.41, 5.74) is 10.6. The van der Waals surface area contributed by atoms with Gasteiger partial charge in [-0.15, -0.1) is 22.7 Å². The molecule has 0 spiro atoms. The van der Waals surface area contributed by atoms with E-state index in [4.69, 9.17) is 14.5 Å². The minimum atomic E-state index is -0.973. The van der Waals surface area contributed by atoms with Crippen molar-refractivity contribution in [3.8, 4) is 10.4 Å². The fraction of sp³-hybridized carbons (Fsp3) is 0.480. The van der Waals surface area contributed by atoms with Gasteiger partial charge < -0.3 is 35.0 Å². The van der Waals surface area contributed by atoms with Crippen molar-refractivity contribution in [2.45, 2.75) is 117 Å². The van der Waals surface area contributed by atoms with Gasteiger partial charge in [-0.3, -0.25) is 24.2 Å². The van der Waals surface area contributed by atoms with Crippen LogP contribution < -0.4 is 15.5 Å². The topological polar surface area (TPSA) is 187 Å². The van der Waals surface area contributed by atoms with Crippen LogP contribution in [-0.2, 0) is 28.7 Å². The van der Waals surface area contributed by atoms with Gasteiger partial charge in [-0.25, -0.2) is 4.98 Å². The molecule has 17 heteroatoms. The van der Waals surface area contributed by atoms with E-state index < -0.39 is 41.5 Å². The van der Waals surface area contributed by atoms with Gasteiger partial charge in [-0.1, -0.05) is 57.2 Å². The smallest absolute Gasteiger partial charge is 0.308 e. The van der Waals surface area contributed by atoms with Crippen molar-refractivity contribution in [1.82, 2.24) is 20.5 Å². The van der Waals surface area contributed by atoms with Crippen LogP contribution in [0.25, 0.3) is 10.4 Å². The van der Waals surface area contributed by atoms with Gasteiger partial charge in [0.05, 0.1) is 70.9 Å². The van der Waals surface area contributed by atoms with E-state index in [2.05, 4.69) is 68.8 Å². The molecule has 3 N–H and O–H groups in total. The quantitative estimate of drug-likeness (QED) is 0.127. The van der Waals surface area contributed by atoms with Crippen LogP contribution in [0.3, 0.4) is 0 Å². The Bertz CT molecular complexity index is 2630.